The number of anilines is 1. The van der Waals surface area contributed by atoms with Crippen LogP contribution < -0.4 is 4.90 Å². The molecule has 0 aliphatic carbocycles. The molecule has 112 valence electrons. The zero-order valence-electron chi connectivity index (χ0n) is 12.4. The summed E-state index contributed by atoms with van der Waals surface area (Å²) < 4.78 is 4.95. The highest BCUT2D eigenvalue weighted by atomic mass is 32.1. The van der Waals surface area contributed by atoms with Crippen LogP contribution in [-0.4, -0.2) is 24.1 Å². The van der Waals surface area contributed by atoms with E-state index >= 15 is 0 Å². The highest BCUT2D eigenvalue weighted by Gasteiger charge is 2.12. The SMILES string of the molecule is CCOC(=O)Cc1csc(N(CC)Cc2ccccc2)n1. The average molecular weight is 304 g/mol. The standard InChI is InChI=1S/C16H20N2O2S/c1-3-18(11-13-8-6-5-7-9-13)16-17-14(12-21-16)10-15(19)20-4-2/h5-9,12H,3-4,10-11H2,1-2H3. The van der Waals surface area contributed by atoms with Gasteiger partial charge in [0.2, 0.25) is 0 Å². The molecule has 0 radical (unpaired) electrons. The number of carbonyl (C=O) groups is 1. The van der Waals surface area contributed by atoms with Crippen LogP contribution >= 0.6 is 11.3 Å². The number of hydrogen-bond donors (Lipinski definition) is 0. The Morgan fingerprint density at radius 3 is 2.71 bits per heavy atom. The normalized spacial score (nSPS) is 10.4. The monoisotopic (exact) mass is 304 g/mol. The number of aromatic nitrogens is 1. The summed E-state index contributed by atoms with van der Waals surface area (Å²) in [6, 6.07) is 10.3. The van der Waals surface area contributed by atoms with E-state index in [1.165, 1.54) is 5.56 Å². The van der Waals surface area contributed by atoms with Gasteiger partial charge in [0.1, 0.15) is 0 Å². The quantitative estimate of drug-likeness (QED) is 0.736. The van der Waals surface area contributed by atoms with Gasteiger partial charge in [-0.2, -0.15) is 0 Å². The van der Waals surface area contributed by atoms with Crippen LogP contribution in [0.25, 0.3) is 0 Å². The topological polar surface area (TPSA) is 42.4 Å². The minimum Gasteiger partial charge on any atom is -0.466 e. The molecule has 0 atom stereocenters. The Bertz CT molecular complexity index is 569. The number of thiazole rings is 1. The predicted molar refractivity (Wildman–Crippen MR) is 85.6 cm³/mol. The zero-order chi connectivity index (χ0) is 15.1. The van der Waals surface area contributed by atoms with Crippen LogP contribution in [0, 0.1) is 0 Å². The van der Waals surface area contributed by atoms with Crippen molar-refractivity contribution in [3.8, 4) is 0 Å². The molecule has 1 aromatic carbocycles. The van der Waals surface area contributed by atoms with Gasteiger partial charge in [-0.15, -0.1) is 11.3 Å². The molecule has 2 rings (SSSR count). The predicted octanol–water partition coefficient (Wildman–Crippen LogP) is 3.28. The molecule has 4 nitrogen and oxygen atoms in total. The van der Waals surface area contributed by atoms with Crippen LogP contribution in [0.2, 0.25) is 0 Å². The molecule has 21 heavy (non-hydrogen) atoms. The van der Waals surface area contributed by atoms with E-state index in [9.17, 15) is 4.79 Å². The van der Waals surface area contributed by atoms with E-state index in [-0.39, 0.29) is 12.4 Å². The van der Waals surface area contributed by atoms with E-state index in [1.807, 2.05) is 30.5 Å². The van der Waals surface area contributed by atoms with Crippen LogP contribution in [0.1, 0.15) is 25.1 Å². The van der Waals surface area contributed by atoms with Crippen LogP contribution in [0.5, 0.6) is 0 Å². The van der Waals surface area contributed by atoms with Crippen LogP contribution in [0.4, 0.5) is 5.13 Å². The number of hydrogen-bond acceptors (Lipinski definition) is 5. The van der Waals surface area contributed by atoms with Gasteiger partial charge in [0, 0.05) is 18.5 Å². The van der Waals surface area contributed by atoms with Crippen molar-refractivity contribution >= 4 is 22.4 Å². The second-order valence-corrected chi connectivity index (χ2v) is 5.44. The lowest BCUT2D eigenvalue weighted by Gasteiger charge is -2.19. The minimum atomic E-state index is -0.222. The highest BCUT2D eigenvalue weighted by molar-refractivity contribution is 7.13. The fraction of sp³-hybridized carbons (Fsp3) is 0.375. The molecular formula is C16H20N2O2S. The largest absolute Gasteiger partial charge is 0.466 e. The van der Waals surface area contributed by atoms with Gasteiger partial charge < -0.3 is 9.64 Å². The number of nitrogens with zero attached hydrogens (tertiary/aromatic N) is 2. The molecule has 0 N–H and O–H groups in total. The Kier molecular flexibility index (Phi) is 5.75. The second kappa shape index (κ2) is 7.78. The fourth-order valence-corrected chi connectivity index (χ4v) is 2.89. The Morgan fingerprint density at radius 2 is 2.05 bits per heavy atom. The summed E-state index contributed by atoms with van der Waals surface area (Å²) in [4.78, 5) is 18.2. The lowest BCUT2D eigenvalue weighted by atomic mass is 10.2. The van der Waals surface area contributed by atoms with Gasteiger partial charge in [-0.05, 0) is 19.4 Å². The number of ether oxygens (including phenoxy) is 1. The smallest absolute Gasteiger partial charge is 0.311 e. The van der Waals surface area contributed by atoms with Gasteiger partial charge in [-0.25, -0.2) is 4.98 Å². The molecular weight excluding hydrogens is 284 g/mol. The molecule has 0 saturated carbocycles. The van der Waals surface area contributed by atoms with Crippen molar-refractivity contribution < 1.29 is 9.53 Å². The maximum Gasteiger partial charge on any atom is 0.311 e. The first-order chi connectivity index (χ1) is 10.2. The first kappa shape index (κ1) is 15.5. The van der Waals surface area contributed by atoms with Crippen molar-refractivity contribution in [2.24, 2.45) is 0 Å². The minimum absolute atomic E-state index is 0.222. The molecule has 5 heteroatoms. The van der Waals surface area contributed by atoms with E-state index in [1.54, 1.807) is 11.3 Å². The molecule has 0 bridgehead atoms. The molecule has 0 aliphatic heterocycles. The van der Waals surface area contributed by atoms with Crippen LogP contribution in [-0.2, 0) is 22.5 Å². The molecule has 1 heterocycles. The molecule has 0 spiro atoms. The second-order valence-electron chi connectivity index (χ2n) is 4.60. The van der Waals surface area contributed by atoms with Gasteiger partial charge in [0.15, 0.2) is 5.13 Å². The summed E-state index contributed by atoms with van der Waals surface area (Å²) in [6.07, 6.45) is 0.243. The molecule has 1 aromatic heterocycles. The highest BCUT2D eigenvalue weighted by Crippen LogP contribution is 2.22. The Labute approximate surface area is 129 Å². The van der Waals surface area contributed by atoms with E-state index in [2.05, 4.69) is 28.9 Å². The van der Waals surface area contributed by atoms with E-state index in [0.717, 1.165) is 23.9 Å². The van der Waals surface area contributed by atoms with Crippen molar-refractivity contribution in [3.63, 3.8) is 0 Å². The van der Waals surface area contributed by atoms with Crippen molar-refractivity contribution in [1.82, 2.24) is 4.98 Å². The third kappa shape index (κ3) is 4.56. The molecule has 0 aliphatic rings. The maximum absolute atomic E-state index is 11.5. The van der Waals surface area contributed by atoms with Gasteiger partial charge in [-0.3, -0.25) is 4.79 Å². The third-order valence-corrected chi connectivity index (χ3v) is 3.99. The molecule has 0 amide bonds. The summed E-state index contributed by atoms with van der Waals surface area (Å²) in [5, 5.41) is 2.88. The fourth-order valence-electron chi connectivity index (χ4n) is 2.00. The van der Waals surface area contributed by atoms with Gasteiger partial charge in [0.05, 0.1) is 18.7 Å². The molecule has 0 unspecified atom stereocenters. The van der Waals surface area contributed by atoms with Gasteiger partial charge >= 0.3 is 5.97 Å². The third-order valence-electron chi connectivity index (χ3n) is 3.04. The molecule has 0 fully saturated rings. The van der Waals surface area contributed by atoms with Crippen molar-refractivity contribution in [1.29, 1.82) is 0 Å². The first-order valence-corrected chi connectivity index (χ1v) is 7.99. The number of carbonyl (C=O) groups excluding carboxylic acids is 1. The summed E-state index contributed by atoms with van der Waals surface area (Å²) in [5.74, 6) is -0.222. The number of esters is 1. The van der Waals surface area contributed by atoms with Crippen molar-refractivity contribution in [2.45, 2.75) is 26.8 Å². The Morgan fingerprint density at radius 1 is 1.29 bits per heavy atom. The van der Waals surface area contributed by atoms with Crippen molar-refractivity contribution in [2.75, 3.05) is 18.1 Å². The van der Waals surface area contributed by atoms with Gasteiger partial charge in [0.25, 0.3) is 0 Å². The van der Waals surface area contributed by atoms with E-state index < -0.39 is 0 Å². The van der Waals surface area contributed by atoms with Crippen LogP contribution in [0.15, 0.2) is 35.7 Å². The van der Waals surface area contributed by atoms with Gasteiger partial charge in [-0.1, -0.05) is 30.3 Å². The Hall–Kier alpha value is -1.88. The zero-order valence-corrected chi connectivity index (χ0v) is 13.2. The number of benzene rings is 1. The summed E-state index contributed by atoms with van der Waals surface area (Å²) >= 11 is 1.57. The number of rotatable bonds is 7. The maximum atomic E-state index is 11.5. The van der Waals surface area contributed by atoms with Crippen molar-refractivity contribution in [3.05, 3.63) is 47.0 Å². The van der Waals surface area contributed by atoms with Crippen LogP contribution in [0.3, 0.4) is 0 Å². The average Bonchev–Trinajstić information content (AvgIpc) is 2.94. The lowest BCUT2D eigenvalue weighted by Crippen LogP contribution is -2.21. The summed E-state index contributed by atoms with van der Waals surface area (Å²) in [6.45, 7) is 6.02. The summed E-state index contributed by atoms with van der Waals surface area (Å²) in [5.41, 5.74) is 2.03. The lowest BCUT2D eigenvalue weighted by molar-refractivity contribution is -0.142. The molecule has 0 saturated heterocycles. The summed E-state index contributed by atoms with van der Waals surface area (Å²) in [7, 11) is 0. The Balaban J connectivity index is 2.02. The van der Waals surface area contributed by atoms with E-state index in [4.69, 9.17) is 4.74 Å². The van der Waals surface area contributed by atoms with E-state index in [0.29, 0.717) is 6.61 Å². The molecule has 2 aromatic rings. The first-order valence-electron chi connectivity index (χ1n) is 7.11.